The largest absolute Gasteiger partial charge is 0.300 e. The second-order valence-electron chi connectivity index (χ2n) is 7.34. The van der Waals surface area contributed by atoms with Crippen molar-refractivity contribution in [2.45, 2.75) is 25.3 Å². The molecule has 0 fully saturated rings. The summed E-state index contributed by atoms with van der Waals surface area (Å²) in [6, 6.07) is 34.8. The van der Waals surface area contributed by atoms with Crippen LogP contribution in [0.1, 0.15) is 47.2 Å². The molecule has 0 spiro atoms. The highest BCUT2D eigenvalue weighted by molar-refractivity contribution is 5.54. The Labute approximate surface area is 182 Å². The van der Waals surface area contributed by atoms with Crippen molar-refractivity contribution < 1.29 is 0 Å². The molecule has 1 heterocycles. The van der Waals surface area contributed by atoms with E-state index in [4.69, 9.17) is 0 Å². The van der Waals surface area contributed by atoms with E-state index in [0.717, 1.165) is 28.9 Å². The molecule has 4 heteroatoms. The fourth-order valence-corrected chi connectivity index (χ4v) is 4.33. The lowest BCUT2D eigenvalue weighted by molar-refractivity contribution is 0.486. The van der Waals surface area contributed by atoms with E-state index in [1.807, 2.05) is 59.2 Å². The second kappa shape index (κ2) is 8.69. The molecule has 4 nitrogen and oxygen atoms in total. The van der Waals surface area contributed by atoms with E-state index in [1.165, 1.54) is 0 Å². The van der Waals surface area contributed by atoms with Crippen molar-refractivity contribution in [3.8, 4) is 12.1 Å². The van der Waals surface area contributed by atoms with Gasteiger partial charge in [0, 0.05) is 6.42 Å². The summed E-state index contributed by atoms with van der Waals surface area (Å²) in [5, 5.41) is 19.9. The Morgan fingerprint density at radius 3 is 1.55 bits per heavy atom. The van der Waals surface area contributed by atoms with Gasteiger partial charge in [-0.15, -0.1) is 0 Å². The maximum atomic E-state index is 10.2. The zero-order chi connectivity index (χ0) is 21.7. The van der Waals surface area contributed by atoms with Crippen LogP contribution in [0, 0.1) is 22.7 Å². The van der Waals surface area contributed by atoms with Crippen LogP contribution in [0.25, 0.3) is 0 Å². The lowest BCUT2D eigenvalue weighted by Gasteiger charge is -2.39. The van der Waals surface area contributed by atoms with E-state index >= 15 is 0 Å². The smallest absolute Gasteiger partial charge is 0.177 e. The first kappa shape index (κ1) is 20.1. The standard InChI is InChI=1S/C27H22N4/c1-2-12-26-30-24(19-28)25(20-29)31(26)27(21-13-6-3-7-14-21,22-15-8-4-9-16-22)23-17-10-5-11-18-23/h3-11,13-18H,2,12H2,1H3. The third kappa shape index (κ3) is 3.29. The topological polar surface area (TPSA) is 65.4 Å². The normalized spacial score (nSPS) is 10.9. The Balaban J connectivity index is 2.25. The van der Waals surface area contributed by atoms with Crippen LogP contribution in [0.15, 0.2) is 91.0 Å². The summed E-state index contributed by atoms with van der Waals surface area (Å²) in [5.74, 6) is 0.729. The van der Waals surface area contributed by atoms with Gasteiger partial charge in [0.1, 0.15) is 23.5 Å². The third-order valence-electron chi connectivity index (χ3n) is 5.54. The number of imidazole rings is 1. The minimum Gasteiger partial charge on any atom is -0.300 e. The predicted molar refractivity (Wildman–Crippen MR) is 120 cm³/mol. The Morgan fingerprint density at radius 2 is 1.19 bits per heavy atom. The number of rotatable bonds is 6. The van der Waals surface area contributed by atoms with Gasteiger partial charge in [-0.25, -0.2) is 4.98 Å². The number of aryl methyl sites for hydroxylation is 1. The van der Waals surface area contributed by atoms with Gasteiger partial charge in [0.15, 0.2) is 11.4 Å². The van der Waals surface area contributed by atoms with Crippen LogP contribution in [0.5, 0.6) is 0 Å². The molecule has 0 aliphatic heterocycles. The lowest BCUT2D eigenvalue weighted by atomic mass is 9.76. The van der Waals surface area contributed by atoms with E-state index in [-0.39, 0.29) is 11.4 Å². The SMILES string of the molecule is CCCc1nc(C#N)c(C#N)n1C(c1ccccc1)(c1ccccc1)c1ccccc1. The van der Waals surface area contributed by atoms with E-state index in [0.29, 0.717) is 6.42 Å². The van der Waals surface area contributed by atoms with Crippen LogP contribution in [-0.2, 0) is 12.0 Å². The highest BCUT2D eigenvalue weighted by Crippen LogP contribution is 2.43. The zero-order valence-electron chi connectivity index (χ0n) is 17.4. The first-order valence-electron chi connectivity index (χ1n) is 10.4. The number of aromatic nitrogens is 2. The summed E-state index contributed by atoms with van der Waals surface area (Å²) in [5.41, 5.74) is 2.61. The zero-order valence-corrected chi connectivity index (χ0v) is 17.4. The fraction of sp³-hybridized carbons (Fsp3) is 0.148. The molecule has 4 aromatic rings. The molecule has 0 unspecified atom stereocenters. The molecular formula is C27H22N4. The molecule has 0 saturated carbocycles. The van der Waals surface area contributed by atoms with Crippen LogP contribution in [0.3, 0.4) is 0 Å². The third-order valence-corrected chi connectivity index (χ3v) is 5.54. The van der Waals surface area contributed by atoms with Gasteiger partial charge in [-0.2, -0.15) is 10.5 Å². The molecule has 0 radical (unpaired) electrons. The number of benzene rings is 3. The van der Waals surface area contributed by atoms with E-state index in [2.05, 4.69) is 60.4 Å². The minimum absolute atomic E-state index is 0.165. The maximum Gasteiger partial charge on any atom is 0.177 e. The van der Waals surface area contributed by atoms with Crippen molar-refractivity contribution in [3.63, 3.8) is 0 Å². The second-order valence-corrected chi connectivity index (χ2v) is 7.34. The van der Waals surface area contributed by atoms with Gasteiger partial charge < -0.3 is 0 Å². The van der Waals surface area contributed by atoms with Crippen molar-refractivity contribution in [2.75, 3.05) is 0 Å². The molecule has 0 bridgehead atoms. The average Bonchev–Trinajstić information content (AvgIpc) is 3.20. The molecule has 0 N–H and O–H groups in total. The van der Waals surface area contributed by atoms with Crippen LogP contribution >= 0.6 is 0 Å². The van der Waals surface area contributed by atoms with Crippen LogP contribution in [-0.4, -0.2) is 9.55 Å². The van der Waals surface area contributed by atoms with Gasteiger partial charge >= 0.3 is 0 Å². The molecule has 0 amide bonds. The van der Waals surface area contributed by atoms with Gasteiger partial charge in [0.2, 0.25) is 0 Å². The number of hydrogen-bond acceptors (Lipinski definition) is 3. The Bertz CT molecular complexity index is 1150. The first-order valence-corrected chi connectivity index (χ1v) is 10.4. The summed E-state index contributed by atoms with van der Waals surface area (Å²) in [6.45, 7) is 2.08. The molecule has 0 atom stereocenters. The molecule has 4 rings (SSSR count). The van der Waals surface area contributed by atoms with Gasteiger partial charge in [-0.1, -0.05) is 97.9 Å². The highest BCUT2D eigenvalue weighted by atomic mass is 15.2. The van der Waals surface area contributed by atoms with Crippen LogP contribution in [0.4, 0.5) is 0 Å². The molecule has 3 aromatic carbocycles. The van der Waals surface area contributed by atoms with E-state index in [1.54, 1.807) is 0 Å². The summed E-state index contributed by atoms with van der Waals surface area (Å²) in [7, 11) is 0. The number of hydrogen-bond donors (Lipinski definition) is 0. The summed E-state index contributed by atoms with van der Waals surface area (Å²) in [4.78, 5) is 4.61. The average molecular weight is 403 g/mol. The monoisotopic (exact) mass is 402 g/mol. The van der Waals surface area contributed by atoms with Crippen LogP contribution in [0.2, 0.25) is 0 Å². The molecule has 1 aromatic heterocycles. The highest BCUT2D eigenvalue weighted by Gasteiger charge is 2.42. The molecule has 150 valence electrons. The molecule has 31 heavy (non-hydrogen) atoms. The van der Waals surface area contributed by atoms with E-state index in [9.17, 15) is 10.5 Å². The van der Waals surface area contributed by atoms with Crippen molar-refractivity contribution in [1.82, 2.24) is 9.55 Å². The van der Waals surface area contributed by atoms with Crippen molar-refractivity contribution in [3.05, 3.63) is 125 Å². The van der Waals surface area contributed by atoms with Crippen molar-refractivity contribution >= 4 is 0 Å². The summed E-state index contributed by atoms with van der Waals surface area (Å²) in [6.07, 6.45) is 1.51. The quantitative estimate of drug-likeness (QED) is 0.405. The van der Waals surface area contributed by atoms with Gasteiger partial charge in [0.25, 0.3) is 0 Å². The number of nitrogens with zero attached hydrogens (tertiary/aromatic N) is 4. The minimum atomic E-state index is -0.846. The fourth-order valence-electron chi connectivity index (χ4n) is 4.33. The lowest BCUT2D eigenvalue weighted by Crippen LogP contribution is -2.39. The van der Waals surface area contributed by atoms with Crippen molar-refractivity contribution in [2.24, 2.45) is 0 Å². The maximum absolute atomic E-state index is 10.2. The Hall–Kier alpha value is -4.15. The van der Waals surface area contributed by atoms with Gasteiger partial charge in [-0.3, -0.25) is 4.57 Å². The Morgan fingerprint density at radius 1 is 0.742 bits per heavy atom. The summed E-state index contributed by atoms with van der Waals surface area (Å²) < 4.78 is 1.98. The van der Waals surface area contributed by atoms with Gasteiger partial charge in [0.05, 0.1) is 0 Å². The van der Waals surface area contributed by atoms with Crippen molar-refractivity contribution in [1.29, 1.82) is 10.5 Å². The molecule has 0 saturated heterocycles. The number of nitriles is 2. The predicted octanol–water partition coefficient (Wildman–Crippen LogP) is 5.42. The van der Waals surface area contributed by atoms with Crippen LogP contribution < -0.4 is 0 Å². The van der Waals surface area contributed by atoms with Gasteiger partial charge in [-0.05, 0) is 23.1 Å². The summed E-state index contributed by atoms with van der Waals surface area (Å²) >= 11 is 0. The first-order chi connectivity index (χ1) is 15.3. The molecule has 0 aliphatic carbocycles. The Kier molecular flexibility index (Phi) is 5.65. The van der Waals surface area contributed by atoms with E-state index < -0.39 is 5.54 Å². The molecular weight excluding hydrogens is 380 g/mol. The molecule has 0 aliphatic rings.